The fourth-order valence-corrected chi connectivity index (χ4v) is 6.49. The third-order valence-corrected chi connectivity index (χ3v) is 8.23. The number of amides is 1. The van der Waals surface area contributed by atoms with Crippen LogP contribution >= 0.6 is 23.1 Å². The van der Waals surface area contributed by atoms with Crippen molar-refractivity contribution >= 4 is 44.2 Å². The monoisotopic (exact) mass is 456 g/mol. The van der Waals surface area contributed by atoms with Crippen molar-refractivity contribution in [3.05, 3.63) is 24.3 Å². The van der Waals surface area contributed by atoms with Crippen LogP contribution in [0.15, 0.2) is 33.5 Å². The zero-order valence-corrected chi connectivity index (χ0v) is 18.9. The van der Waals surface area contributed by atoms with E-state index in [1.807, 2.05) is 0 Å². The lowest BCUT2D eigenvalue weighted by atomic mass is 9.99. The number of ether oxygens (including phenoxy) is 1. The largest absolute Gasteiger partial charge is 0.497 e. The maximum absolute atomic E-state index is 12.9. The maximum atomic E-state index is 12.9. The lowest BCUT2D eigenvalue weighted by Gasteiger charge is -2.31. The van der Waals surface area contributed by atoms with Crippen molar-refractivity contribution in [1.82, 2.24) is 14.5 Å². The van der Waals surface area contributed by atoms with E-state index >= 15 is 0 Å². The molecule has 0 saturated carbocycles. The van der Waals surface area contributed by atoms with E-state index in [0.29, 0.717) is 35.5 Å². The Morgan fingerprint density at radius 3 is 2.69 bits per heavy atom. The van der Waals surface area contributed by atoms with Crippen LogP contribution < -0.4 is 10.1 Å². The molecule has 2 aromatic rings. The van der Waals surface area contributed by atoms with E-state index in [2.05, 4.69) is 29.4 Å². The van der Waals surface area contributed by atoms with Gasteiger partial charge in [-0.1, -0.05) is 36.9 Å². The van der Waals surface area contributed by atoms with E-state index in [1.165, 1.54) is 34.9 Å². The number of thioether (sulfide) groups is 1. The Hall–Kier alpha value is -1.69. The average molecular weight is 457 g/mol. The molecular weight excluding hydrogens is 432 g/mol. The van der Waals surface area contributed by atoms with Crippen molar-refractivity contribution in [2.75, 3.05) is 25.5 Å². The number of sulfonamides is 1. The lowest BCUT2D eigenvalue weighted by molar-refractivity contribution is -0.120. The molecule has 1 aromatic carbocycles. The van der Waals surface area contributed by atoms with Gasteiger partial charge < -0.3 is 10.1 Å². The molecule has 0 aliphatic carbocycles. The minimum absolute atomic E-state index is 0.145. The molecule has 1 aliphatic rings. The molecule has 2 heterocycles. The second-order valence-corrected chi connectivity index (χ2v) is 11.6. The summed E-state index contributed by atoms with van der Waals surface area (Å²) < 4.78 is 33.2. The van der Waals surface area contributed by atoms with Crippen LogP contribution in [0.3, 0.4) is 0 Å². The summed E-state index contributed by atoms with van der Waals surface area (Å²) in [7, 11) is -2.14. The first kappa shape index (κ1) is 22.0. The molecule has 1 atom stereocenters. The molecule has 1 amide bonds. The second kappa shape index (κ2) is 9.41. The third-order valence-electron chi connectivity index (χ3n) is 4.43. The van der Waals surface area contributed by atoms with Crippen molar-refractivity contribution in [1.29, 1.82) is 0 Å². The Morgan fingerprint density at radius 2 is 2.03 bits per heavy atom. The number of rotatable bonds is 7. The van der Waals surface area contributed by atoms with E-state index < -0.39 is 15.9 Å². The molecule has 1 saturated heterocycles. The van der Waals surface area contributed by atoms with Gasteiger partial charge in [0, 0.05) is 18.3 Å². The number of nitrogens with one attached hydrogen (secondary N) is 1. The summed E-state index contributed by atoms with van der Waals surface area (Å²) in [4.78, 5) is 12.9. The lowest BCUT2D eigenvalue weighted by Crippen LogP contribution is -2.43. The highest BCUT2D eigenvalue weighted by Gasteiger charge is 2.33. The molecule has 29 heavy (non-hydrogen) atoms. The molecule has 1 aromatic heterocycles. The predicted molar refractivity (Wildman–Crippen MR) is 114 cm³/mol. The van der Waals surface area contributed by atoms with Gasteiger partial charge in [-0.2, -0.15) is 4.31 Å². The van der Waals surface area contributed by atoms with Gasteiger partial charge in [-0.3, -0.25) is 4.79 Å². The number of methoxy groups -OCH3 is 1. The summed E-state index contributed by atoms with van der Waals surface area (Å²) in [6.07, 6.45) is 1.25. The molecule has 8 nitrogen and oxygen atoms in total. The summed E-state index contributed by atoms with van der Waals surface area (Å²) >= 11 is 2.91. The number of hydrogen-bond acceptors (Lipinski definition) is 8. The quantitative estimate of drug-likeness (QED) is 0.505. The normalized spacial score (nSPS) is 18.0. The van der Waals surface area contributed by atoms with Crippen LogP contribution in [0, 0.1) is 5.92 Å². The number of piperidine rings is 1. The SMILES string of the molecule is COc1ccc(S(=O)(=O)N2CCC[C@@H](C(=O)Nc3nnc(SC(C)C)s3)C2)cc1. The van der Waals surface area contributed by atoms with E-state index in [0.717, 1.165) is 4.34 Å². The molecular formula is C18H24N4O4S3. The van der Waals surface area contributed by atoms with E-state index in [-0.39, 0.29) is 17.3 Å². The Balaban J connectivity index is 1.66. The van der Waals surface area contributed by atoms with Crippen molar-refractivity contribution in [2.45, 2.75) is 41.2 Å². The van der Waals surface area contributed by atoms with Crippen LogP contribution in [0.4, 0.5) is 5.13 Å². The van der Waals surface area contributed by atoms with Crippen molar-refractivity contribution in [2.24, 2.45) is 5.92 Å². The molecule has 0 unspecified atom stereocenters. The molecule has 11 heteroatoms. The number of benzene rings is 1. The average Bonchev–Trinajstić information content (AvgIpc) is 3.14. The maximum Gasteiger partial charge on any atom is 0.243 e. The van der Waals surface area contributed by atoms with Crippen LogP contribution in [-0.2, 0) is 14.8 Å². The summed E-state index contributed by atoms with van der Waals surface area (Å²) in [5, 5.41) is 11.7. The summed E-state index contributed by atoms with van der Waals surface area (Å²) in [6.45, 7) is 4.66. The smallest absolute Gasteiger partial charge is 0.243 e. The standard InChI is InChI=1S/C18H24N4O4S3/c1-12(2)27-18-21-20-17(28-18)19-16(23)13-5-4-10-22(11-13)29(24,25)15-8-6-14(26-3)7-9-15/h6-9,12-13H,4-5,10-11H2,1-3H3,(H,19,20,23)/t13-/m1/s1. The van der Waals surface area contributed by atoms with Gasteiger partial charge in [0.15, 0.2) is 4.34 Å². The van der Waals surface area contributed by atoms with Gasteiger partial charge in [0.2, 0.25) is 21.1 Å². The molecule has 0 radical (unpaired) electrons. The van der Waals surface area contributed by atoms with Gasteiger partial charge in [-0.05, 0) is 37.1 Å². The Morgan fingerprint density at radius 1 is 1.31 bits per heavy atom. The van der Waals surface area contributed by atoms with Crippen molar-refractivity contribution in [3.63, 3.8) is 0 Å². The molecule has 1 N–H and O–H groups in total. The number of nitrogens with zero attached hydrogens (tertiary/aromatic N) is 3. The van der Waals surface area contributed by atoms with E-state index in [9.17, 15) is 13.2 Å². The predicted octanol–water partition coefficient (Wildman–Crippen LogP) is 3.09. The Bertz CT molecular complexity index is 944. The third kappa shape index (κ3) is 5.47. The highest BCUT2D eigenvalue weighted by Crippen LogP contribution is 2.30. The Labute approximate surface area is 179 Å². The van der Waals surface area contributed by atoms with Gasteiger partial charge >= 0.3 is 0 Å². The van der Waals surface area contributed by atoms with Gasteiger partial charge in [0.25, 0.3) is 0 Å². The fourth-order valence-electron chi connectivity index (χ4n) is 2.99. The van der Waals surface area contributed by atoms with Gasteiger partial charge in [-0.25, -0.2) is 8.42 Å². The highest BCUT2D eigenvalue weighted by atomic mass is 32.2. The zero-order chi connectivity index (χ0) is 21.0. The first-order valence-corrected chi connectivity index (χ1v) is 12.4. The molecule has 0 bridgehead atoms. The minimum atomic E-state index is -3.67. The van der Waals surface area contributed by atoms with Gasteiger partial charge in [-0.15, -0.1) is 10.2 Å². The van der Waals surface area contributed by atoms with E-state index in [1.54, 1.807) is 23.9 Å². The topological polar surface area (TPSA) is 101 Å². The molecule has 158 valence electrons. The summed E-state index contributed by atoms with van der Waals surface area (Å²) in [5.74, 6) is -0.0642. The van der Waals surface area contributed by atoms with Crippen molar-refractivity contribution < 1.29 is 17.9 Å². The first-order chi connectivity index (χ1) is 13.8. The van der Waals surface area contributed by atoms with E-state index in [4.69, 9.17) is 4.74 Å². The van der Waals surface area contributed by atoms with Crippen molar-refractivity contribution in [3.8, 4) is 5.75 Å². The number of hydrogen-bond donors (Lipinski definition) is 1. The summed E-state index contributed by atoms with van der Waals surface area (Å²) in [6, 6.07) is 6.27. The number of carbonyl (C=O) groups excluding carboxylic acids is 1. The molecule has 1 aliphatic heterocycles. The van der Waals surface area contributed by atoms with Crippen LogP contribution in [-0.4, -0.2) is 54.3 Å². The fraction of sp³-hybridized carbons (Fsp3) is 0.500. The zero-order valence-electron chi connectivity index (χ0n) is 16.5. The Kier molecular flexibility index (Phi) is 7.14. The molecule has 0 spiro atoms. The van der Waals surface area contributed by atoms with Crippen LogP contribution in [0.25, 0.3) is 0 Å². The number of anilines is 1. The molecule has 1 fully saturated rings. The van der Waals surface area contributed by atoms with Crippen LogP contribution in [0.2, 0.25) is 0 Å². The first-order valence-electron chi connectivity index (χ1n) is 9.25. The van der Waals surface area contributed by atoms with Gasteiger partial charge in [0.1, 0.15) is 5.75 Å². The molecule has 3 rings (SSSR count). The number of aromatic nitrogens is 2. The van der Waals surface area contributed by atoms with Gasteiger partial charge in [0.05, 0.1) is 17.9 Å². The van der Waals surface area contributed by atoms with Crippen LogP contribution in [0.5, 0.6) is 5.75 Å². The number of carbonyl (C=O) groups is 1. The van der Waals surface area contributed by atoms with Crippen LogP contribution in [0.1, 0.15) is 26.7 Å². The minimum Gasteiger partial charge on any atom is -0.497 e. The highest BCUT2D eigenvalue weighted by molar-refractivity contribution is 8.01. The summed E-state index contributed by atoms with van der Waals surface area (Å²) in [5.41, 5.74) is 0. The second-order valence-electron chi connectivity index (χ2n) is 6.91.